The molecule has 4 rings (SSSR count). The van der Waals surface area contributed by atoms with Crippen LogP contribution in [0, 0.1) is 6.92 Å². The molecule has 0 bridgehead atoms. The van der Waals surface area contributed by atoms with Crippen molar-refractivity contribution in [3.05, 3.63) is 63.6 Å². The van der Waals surface area contributed by atoms with Gasteiger partial charge in [-0.1, -0.05) is 24.3 Å². The summed E-state index contributed by atoms with van der Waals surface area (Å²) in [5, 5.41) is 7.95. The molecule has 3 aromatic rings. The van der Waals surface area contributed by atoms with Crippen molar-refractivity contribution in [3.63, 3.8) is 0 Å². The zero-order valence-corrected chi connectivity index (χ0v) is 14.4. The van der Waals surface area contributed by atoms with Crippen LogP contribution in [0.25, 0.3) is 11.1 Å². The number of aryl methyl sites for hydroxylation is 3. The van der Waals surface area contributed by atoms with Gasteiger partial charge >= 0.3 is 0 Å². The normalized spacial score (nSPS) is 16.7. The van der Waals surface area contributed by atoms with Crippen LogP contribution in [0.2, 0.25) is 0 Å². The third-order valence-electron chi connectivity index (χ3n) is 4.55. The Kier molecular flexibility index (Phi) is 3.79. The van der Waals surface area contributed by atoms with Gasteiger partial charge in [0.05, 0.1) is 6.20 Å². The molecule has 1 aromatic carbocycles. The average Bonchev–Trinajstić information content (AvgIpc) is 3.22. The first-order valence-corrected chi connectivity index (χ1v) is 8.91. The molecule has 0 radical (unpaired) electrons. The van der Waals surface area contributed by atoms with E-state index < -0.39 is 0 Å². The summed E-state index contributed by atoms with van der Waals surface area (Å²) in [5.74, 6) is 0. The predicted octanol–water partition coefficient (Wildman–Crippen LogP) is 4.23. The quantitative estimate of drug-likeness (QED) is 0.778. The summed E-state index contributed by atoms with van der Waals surface area (Å²) in [6.07, 6.45) is 6.42. The Balaban J connectivity index is 1.42. The number of nitrogens with one attached hydrogen (secondary N) is 1. The Bertz CT molecular complexity index is 814. The van der Waals surface area contributed by atoms with Crippen LogP contribution in [-0.2, 0) is 20.0 Å². The van der Waals surface area contributed by atoms with Crippen molar-refractivity contribution in [1.29, 1.82) is 0 Å². The van der Waals surface area contributed by atoms with E-state index in [9.17, 15) is 0 Å². The first-order chi connectivity index (χ1) is 11.2. The lowest BCUT2D eigenvalue weighted by molar-refractivity contribution is 0.530. The Hall–Kier alpha value is -1.91. The van der Waals surface area contributed by atoms with Gasteiger partial charge in [0.15, 0.2) is 0 Å². The fourth-order valence-electron chi connectivity index (χ4n) is 3.34. The highest BCUT2D eigenvalue weighted by molar-refractivity contribution is 7.12. The van der Waals surface area contributed by atoms with E-state index in [0.29, 0.717) is 6.04 Å². The Morgan fingerprint density at radius 3 is 2.83 bits per heavy atom. The molecule has 1 aliphatic rings. The number of benzene rings is 1. The number of aromatic nitrogens is 2. The van der Waals surface area contributed by atoms with Crippen molar-refractivity contribution in [2.24, 2.45) is 7.05 Å². The van der Waals surface area contributed by atoms with E-state index in [4.69, 9.17) is 0 Å². The van der Waals surface area contributed by atoms with Crippen molar-refractivity contribution in [1.82, 2.24) is 15.1 Å². The van der Waals surface area contributed by atoms with Crippen molar-refractivity contribution in [2.75, 3.05) is 0 Å². The number of fused-ring (bicyclic) bond motifs is 1. The highest BCUT2D eigenvalue weighted by Gasteiger charge is 2.23. The third-order valence-corrected chi connectivity index (χ3v) is 5.67. The van der Waals surface area contributed by atoms with Gasteiger partial charge in [0.25, 0.3) is 0 Å². The summed E-state index contributed by atoms with van der Waals surface area (Å²) in [4.78, 5) is 3.01. The van der Waals surface area contributed by atoms with Gasteiger partial charge in [0.1, 0.15) is 0 Å². The van der Waals surface area contributed by atoms with Crippen LogP contribution in [0.4, 0.5) is 0 Å². The molecule has 4 heteroatoms. The topological polar surface area (TPSA) is 29.9 Å². The van der Waals surface area contributed by atoms with Gasteiger partial charge in [-0.2, -0.15) is 5.10 Å². The molecule has 1 N–H and O–H groups in total. The maximum Gasteiger partial charge on any atom is 0.0568 e. The molecular formula is C19H21N3S. The molecule has 3 nitrogen and oxygen atoms in total. The highest BCUT2D eigenvalue weighted by Crippen LogP contribution is 2.37. The van der Waals surface area contributed by atoms with E-state index in [1.54, 1.807) is 4.88 Å². The molecule has 0 saturated carbocycles. The summed E-state index contributed by atoms with van der Waals surface area (Å²) in [7, 11) is 1.95. The standard InChI is InChI=1S/C19H21N3S/c1-13-9-17-18(7-8-19(17)23-13)20-10-14-3-5-15(6-4-14)16-11-21-22(2)12-16/h3-6,9,11-12,18,20H,7-8,10H2,1-2H3. The minimum absolute atomic E-state index is 0.521. The van der Waals surface area contributed by atoms with E-state index in [-0.39, 0.29) is 0 Å². The largest absolute Gasteiger partial charge is 0.306 e. The molecule has 1 unspecified atom stereocenters. The van der Waals surface area contributed by atoms with Crippen LogP contribution in [-0.4, -0.2) is 9.78 Å². The predicted molar refractivity (Wildman–Crippen MR) is 95.6 cm³/mol. The van der Waals surface area contributed by atoms with Gasteiger partial charge in [0.2, 0.25) is 0 Å². The summed E-state index contributed by atoms with van der Waals surface area (Å²) < 4.78 is 1.84. The van der Waals surface area contributed by atoms with Crippen LogP contribution in [0.1, 0.15) is 33.3 Å². The molecule has 0 spiro atoms. The number of thiophene rings is 1. The van der Waals surface area contributed by atoms with Crippen LogP contribution in [0.3, 0.4) is 0 Å². The minimum Gasteiger partial charge on any atom is -0.306 e. The molecule has 2 aromatic heterocycles. The van der Waals surface area contributed by atoms with E-state index >= 15 is 0 Å². The Morgan fingerprint density at radius 1 is 1.26 bits per heavy atom. The van der Waals surface area contributed by atoms with Crippen LogP contribution >= 0.6 is 11.3 Å². The maximum atomic E-state index is 4.23. The van der Waals surface area contributed by atoms with E-state index in [0.717, 1.165) is 6.54 Å². The number of hydrogen-bond donors (Lipinski definition) is 1. The van der Waals surface area contributed by atoms with E-state index in [1.165, 1.54) is 40.0 Å². The maximum absolute atomic E-state index is 4.23. The molecule has 23 heavy (non-hydrogen) atoms. The minimum atomic E-state index is 0.521. The van der Waals surface area contributed by atoms with Gasteiger partial charge in [0, 0.05) is 41.1 Å². The van der Waals surface area contributed by atoms with Gasteiger partial charge in [-0.15, -0.1) is 11.3 Å². The van der Waals surface area contributed by atoms with E-state index in [1.807, 2.05) is 35.5 Å². The van der Waals surface area contributed by atoms with Gasteiger partial charge in [-0.25, -0.2) is 0 Å². The zero-order valence-electron chi connectivity index (χ0n) is 13.5. The average molecular weight is 323 g/mol. The SMILES string of the molecule is Cc1cc2c(s1)CCC2NCc1ccc(-c2cnn(C)c2)cc1. The molecule has 1 aliphatic carbocycles. The number of rotatable bonds is 4. The summed E-state index contributed by atoms with van der Waals surface area (Å²) >= 11 is 1.96. The number of hydrogen-bond acceptors (Lipinski definition) is 3. The lowest BCUT2D eigenvalue weighted by Gasteiger charge is -2.13. The Morgan fingerprint density at radius 2 is 2.09 bits per heavy atom. The molecule has 1 atom stereocenters. The summed E-state index contributed by atoms with van der Waals surface area (Å²) in [5.41, 5.74) is 5.25. The van der Waals surface area contributed by atoms with Gasteiger partial charge in [-0.05, 0) is 42.5 Å². The lowest BCUT2D eigenvalue weighted by Crippen LogP contribution is -2.18. The van der Waals surface area contributed by atoms with Gasteiger partial charge in [-0.3, -0.25) is 4.68 Å². The lowest BCUT2D eigenvalue weighted by atomic mass is 10.1. The number of nitrogens with zero attached hydrogens (tertiary/aromatic N) is 2. The third kappa shape index (κ3) is 2.96. The van der Waals surface area contributed by atoms with Crippen LogP contribution < -0.4 is 5.32 Å². The second-order valence-electron chi connectivity index (χ2n) is 6.31. The van der Waals surface area contributed by atoms with Crippen LogP contribution in [0.15, 0.2) is 42.7 Å². The summed E-state index contributed by atoms with van der Waals surface area (Å²) in [6, 6.07) is 11.7. The molecular weight excluding hydrogens is 302 g/mol. The van der Waals surface area contributed by atoms with Crippen LogP contribution in [0.5, 0.6) is 0 Å². The second-order valence-corrected chi connectivity index (χ2v) is 7.65. The van der Waals surface area contributed by atoms with Crippen molar-refractivity contribution in [3.8, 4) is 11.1 Å². The Labute approximate surface area is 141 Å². The van der Waals surface area contributed by atoms with Crippen molar-refractivity contribution in [2.45, 2.75) is 32.4 Å². The molecule has 118 valence electrons. The molecule has 0 fully saturated rings. The molecule has 0 aliphatic heterocycles. The fourth-order valence-corrected chi connectivity index (χ4v) is 4.46. The molecule has 0 saturated heterocycles. The van der Waals surface area contributed by atoms with Crippen molar-refractivity contribution < 1.29 is 0 Å². The zero-order chi connectivity index (χ0) is 15.8. The highest BCUT2D eigenvalue weighted by atomic mass is 32.1. The second kappa shape index (κ2) is 5.95. The summed E-state index contributed by atoms with van der Waals surface area (Å²) in [6.45, 7) is 3.13. The monoisotopic (exact) mass is 323 g/mol. The van der Waals surface area contributed by atoms with Gasteiger partial charge < -0.3 is 5.32 Å². The fraction of sp³-hybridized carbons (Fsp3) is 0.316. The first-order valence-electron chi connectivity index (χ1n) is 8.09. The molecule has 0 amide bonds. The molecule has 2 heterocycles. The van der Waals surface area contributed by atoms with E-state index in [2.05, 4.69) is 47.7 Å². The first kappa shape index (κ1) is 14.7. The van der Waals surface area contributed by atoms with Crippen molar-refractivity contribution >= 4 is 11.3 Å². The smallest absolute Gasteiger partial charge is 0.0568 e.